The fourth-order valence-corrected chi connectivity index (χ4v) is 3.64. The summed E-state index contributed by atoms with van der Waals surface area (Å²) in [5, 5.41) is 9.72. The number of benzene rings is 1. The van der Waals surface area contributed by atoms with Gasteiger partial charge >= 0.3 is 0 Å². The molecule has 0 bridgehead atoms. The molecule has 0 saturated carbocycles. The minimum Gasteiger partial charge on any atom is -0.396 e. The van der Waals surface area contributed by atoms with E-state index in [2.05, 4.69) is 48.5 Å². The Morgan fingerprint density at radius 1 is 0.929 bits per heavy atom. The predicted octanol–water partition coefficient (Wildman–Crippen LogP) is 5.44. The van der Waals surface area contributed by atoms with Gasteiger partial charge in [0.1, 0.15) is 0 Å². The average Bonchev–Trinajstić information content (AvgIpc) is 2.68. The molecule has 1 N–H and O–H groups in total. The van der Waals surface area contributed by atoms with Crippen LogP contribution in [0.25, 0.3) is 0 Å². The summed E-state index contributed by atoms with van der Waals surface area (Å²) in [6.07, 6.45) is 3.86. The lowest BCUT2D eigenvalue weighted by molar-refractivity contribution is -0.0553. The molecule has 1 aromatic carbocycles. The van der Waals surface area contributed by atoms with Crippen LogP contribution >= 0.6 is 0 Å². The largest absolute Gasteiger partial charge is 0.396 e. The average molecular weight is 392 g/mol. The van der Waals surface area contributed by atoms with Crippen LogP contribution < -0.4 is 0 Å². The fraction of sp³-hybridized carbons (Fsp3) is 0.708. The zero-order valence-electron chi connectivity index (χ0n) is 19.0. The van der Waals surface area contributed by atoms with Gasteiger partial charge in [0, 0.05) is 29.9 Å². The van der Waals surface area contributed by atoms with Gasteiger partial charge < -0.3 is 14.7 Å². The maximum absolute atomic E-state index is 13.7. The smallest absolute Gasteiger partial charge is 0.254 e. The maximum atomic E-state index is 13.7. The van der Waals surface area contributed by atoms with Crippen LogP contribution in [0.5, 0.6) is 0 Å². The van der Waals surface area contributed by atoms with E-state index in [0.29, 0.717) is 18.6 Å². The summed E-state index contributed by atoms with van der Waals surface area (Å²) in [5.41, 5.74) is -0.263. The van der Waals surface area contributed by atoms with Crippen LogP contribution in [0, 0.1) is 0 Å². The first-order valence-electron chi connectivity index (χ1n) is 10.7. The summed E-state index contributed by atoms with van der Waals surface area (Å²) < 4.78 is 6.13. The van der Waals surface area contributed by atoms with Crippen LogP contribution in [0.2, 0.25) is 0 Å². The van der Waals surface area contributed by atoms with Crippen molar-refractivity contribution in [1.29, 1.82) is 0 Å². The summed E-state index contributed by atoms with van der Waals surface area (Å²) in [4.78, 5) is 15.7. The molecule has 2 atom stereocenters. The van der Waals surface area contributed by atoms with E-state index in [0.717, 1.165) is 25.7 Å². The Hall–Kier alpha value is -1.39. The molecular formula is C24H41NO3. The molecule has 0 spiro atoms. The molecule has 1 aromatic rings. The summed E-state index contributed by atoms with van der Waals surface area (Å²) in [7, 11) is 0. The molecule has 0 fully saturated rings. The SMILES string of the molecule is CCC(C)(C)OCCC(C)(CC)N(C(=O)c1ccccc1)C(C)(CC)CCO. The van der Waals surface area contributed by atoms with Gasteiger partial charge in [-0.25, -0.2) is 0 Å². The topological polar surface area (TPSA) is 49.8 Å². The number of ether oxygens (including phenoxy) is 1. The molecule has 28 heavy (non-hydrogen) atoms. The molecule has 2 unspecified atom stereocenters. The van der Waals surface area contributed by atoms with Crippen molar-refractivity contribution >= 4 is 5.91 Å². The van der Waals surface area contributed by atoms with Gasteiger partial charge in [0.2, 0.25) is 0 Å². The number of nitrogens with zero attached hydrogens (tertiary/aromatic N) is 1. The van der Waals surface area contributed by atoms with Gasteiger partial charge in [-0.2, -0.15) is 0 Å². The Morgan fingerprint density at radius 3 is 1.93 bits per heavy atom. The minimum absolute atomic E-state index is 0.0255. The van der Waals surface area contributed by atoms with Gasteiger partial charge in [-0.3, -0.25) is 4.79 Å². The van der Waals surface area contributed by atoms with Gasteiger partial charge in [0.25, 0.3) is 5.91 Å². The molecule has 160 valence electrons. The highest BCUT2D eigenvalue weighted by atomic mass is 16.5. The maximum Gasteiger partial charge on any atom is 0.254 e. The summed E-state index contributed by atoms with van der Waals surface area (Å²) in [6, 6.07) is 9.47. The van der Waals surface area contributed by atoms with E-state index in [1.54, 1.807) is 0 Å². The highest BCUT2D eigenvalue weighted by molar-refractivity contribution is 5.95. The van der Waals surface area contributed by atoms with Crippen LogP contribution in [0.4, 0.5) is 0 Å². The van der Waals surface area contributed by atoms with Crippen LogP contribution in [0.3, 0.4) is 0 Å². The quantitative estimate of drug-likeness (QED) is 0.516. The van der Waals surface area contributed by atoms with E-state index in [9.17, 15) is 9.90 Å². The van der Waals surface area contributed by atoms with Crippen molar-refractivity contribution < 1.29 is 14.6 Å². The van der Waals surface area contributed by atoms with E-state index in [-0.39, 0.29) is 23.7 Å². The number of carbonyl (C=O) groups excluding carboxylic acids is 1. The lowest BCUT2D eigenvalue weighted by atomic mass is 9.82. The lowest BCUT2D eigenvalue weighted by Gasteiger charge is -2.52. The molecule has 0 aliphatic heterocycles. The number of aliphatic hydroxyl groups excluding tert-OH is 1. The van der Waals surface area contributed by atoms with E-state index in [4.69, 9.17) is 4.74 Å². The first-order chi connectivity index (χ1) is 13.1. The third kappa shape index (κ3) is 6.05. The van der Waals surface area contributed by atoms with Gasteiger partial charge in [0.15, 0.2) is 0 Å². The summed E-state index contributed by atoms with van der Waals surface area (Å²) in [6.45, 7) is 15.5. The Labute approximate surface area is 172 Å². The van der Waals surface area contributed by atoms with E-state index in [1.165, 1.54) is 0 Å². The number of rotatable bonds is 12. The Bertz CT molecular complexity index is 601. The second-order valence-electron chi connectivity index (χ2n) is 8.89. The Balaban J connectivity index is 3.28. The van der Waals surface area contributed by atoms with Crippen molar-refractivity contribution in [2.45, 2.75) is 97.2 Å². The van der Waals surface area contributed by atoms with Crippen LogP contribution in [-0.2, 0) is 4.74 Å². The Morgan fingerprint density at radius 2 is 1.46 bits per heavy atom. The second kappa shape index (κ2) is 10.4. The fourth-order valence-electron chi connectivity index (χ4n) is 3.64. The van der Waals surface area contributed by atoms with Crippen LogP contribution in [0.15, 0.2) is 30.3 Å². The number of aliphatic hydroxyl groups is 1. The van der Waals surface area contributed by atoms with E-state index < -0.39 is 5.54 Å². The molecule has 1 rings (SSSR count). The third-order valence-corrected chi connectivity index (χ3v) is 6.46. The van der Waals surface area contributed by atoms with Crippen molar-refractivity contribution in [1.82, 2.24) is 4.90 Å². The van der Waals surface area contributed by atoms with Crippen molar-refractivity contribution in [2.75, 3.05) is 13.2 Å². The zero-order valence-corrected chi connectivity index (χ0v) is 19.0. The number of hydrogen-bond donors (Lipinski definition) is 1. The zero-order chi connectivity index (χ0) is 21.4. The predicted molar refractivity (Wildman–Crippen MR) is 117 cm³/mol. The molecule has 0 radical (unpaired) electrons. The lowest BCUT2D eigenvalue weighted by Crippen LogP contribution is -2.61. The van der Waals surface area contributed by atoms with Crippen molar-refractivity contribution in [3.05, 3.63) is 35.9 Å². The third-order valence-electron chi connectivity index (χ3n) is 6.46. The molecule has 0 aliphatic rings. The standard InChI is InChI=1S/C24H41NO3/c1-8-22(4,5)28-19-17-24(7,10-3)25(23(6,9-2)16-18-26)21(27)20-14-12-11-13-15-20/h11-15,26H,8-10,16-19H2,1-7H3. The number of amides is 1. The minimum atomic E-state index is -0.424. The monoisotopic (exact) mass is 391 g/mol. The Kier molecular flexibility index (Phi) is 9.16. The summed E-state index contributed by atoms with van der Waals surface area (Å²) in [5.74, 6) is 0.0255. The first-order valence-corrected chi connectivity index (χ1v) is 10.7. The normalized spacial score (nSPS) is 16.3. The van der Waals surface area contributed by atoms with Gasteiger partial charge in [-0.15, -0.1) is 0 Å². The van der Waals surface area contributed by atoms with Gasteiger partial charge in [-0.05, 0) is 71.9 Å². The molecule has 0 aromatic heterocycles. The van der Waals surface area contributed by atoms with Crippen molar-refractivity contribution in [3.63, 3.8) is 0 Å². The van der Waals surface area contributed by atoms with Gasteiger partial charge in [0.05, 0.1) is 5.60 Å². The molecule has 1 amide bonds. The highest BCUT2D eigenvalue weighted by Crippen LogP contribution is 2.37. The number of carbonyl (C=O) groups is 1. The van der Waals surface area contributed by atoms with Crippen LogP contribution in [0.1, 0.15) is 90.9 Å². The second-order valence-corrected chi connectivity index (χ2v) is 8.89. The molecule has 0 aliphatic carbocycles. The van der Waals surface area contributed by atoms with Crippen molar-refractivity contribution in [2.24, 2.45) is 0 Å². The number of hydrogen-bond acceptors (Lipinski definition) is 3. The molecule has 4 heteroatoms. The molecule has 0 heterocycles. The van der Waals surface area contributed by atoms with E-state index in [1.807, 2.05) is 35.2 Å². The molecule has 4 nitrogen and oxygen atoms in total. The van der Waals surface area contributed by atoms with E-state index >= 15 is 0 Å². The van der Waals surface area contributed by atoms with Crippen molar-refractivity contribution in [3.8, 4) is 0 Å². The van der Waals surface area contributed by atoms with Crippen LogP contribution in [-0.4, -0.2) is 45.8 Å². The summed E-state index contributed by atoms with van der Waals surface area (Å²) >= 11 is 0. The van der Waals surface area contributed by atoms with Gasteiger partial charge in [-0.1, -0.05) is 39.0 Å². The first kappa shape index (κ1) is 24.6. The molecule has 0 saturated heterocycles. The molecular weight excluding hydrogens is 350 g/mol. The highest BCUT2D eigenvalue weighted by Gasteiger charge is 2.44.